The van der Waals surface area contributed by atoms with Crippen molar-refractivity contribution in [3.05, 3.63) is 101 Å². The van der Waals surface area contributed by atoms with Gasteiger partial charge in [-0.15, -0.1) is 0 Å². The Bertz CT molecular complexity index is 1200. The predicted octanol–water partition coefficient (Wildman–Crippen LogP) is 3.47. The first-order valence-corrected chi connectivity index (χ1v) is 11.3. The molecule has 0 unspecified atom stereocenters. The van der Waals surface area contributed by atoms with E-state index in [2.05, 4.69) is 0 Å². The number of Topliss-reactive ketones (excluding diaryl/α,β-unsaturated/α-hetero) is 1. The molecule has 7 heteroatoms. The zero-order valence-corrected chi connectivity index (χ0v) is 17.5. The molecule has 1 heterocycles. The van der Waals surface area contributed by atoms with E-state index in [1.165, 1.54) is 28.6 Å². The molecule has 0 aromatic heterocycles. The minimum atomic E-state index is -3.68. The van der Waals surface area contributed by atoms with Crippen LogP contribution in [-0.4, -0.2) is 37.6 Å². The van der Waals surface area contributed by atoms with Crippen LogP contribution in [0.5, 0.6) is 0 Å². The third-order valence-electron chi connectivity index (χ3n) is 5.25. The van der Waals surface area contributed by atoms with Gasteiger partial charge in [-0.1, -0.05) is 54.6 Å². The second-order valence-electron chi connectivity index (χ2n) is 7.25. The number of ketones is 1. The fourth-order valence-electron chi connectivity index (χ4n) is 3.51. The lowest BCUT2D eigenvalue weighted by Crippen LogP contribution is -2.35. The Balaban J connectivity index is 1.41. The van der Waals surface area contributed by atoms with Crippen molar-refractivity contribution in [1.82, 2.24) is 4.31 Å². The Morgan fingerprint density at radius 3 is 2.16 bits per heavy atom. The van der Waals surface area contributed by atoms with Crippen LogP contribution in [-0.2, 0) is 27.7 Å². The molecule has 0 N–H and O–H groups in total. The molecule has 0 saturated carbocycles. The van der Waals surface area contributed by atoms with Gasteiger partial charge in [0.05, 0.1) is 10.5 Å². The summed E-state index contributed by atoms with van der Waals surface area (Å²) in [5.41, 5.74) is 2.81. The number of hydrogen-bond donors (Lipinski definition) is 0. The van der Waals surface area contributed by atoms with Gasteiger partial charge in [-0.05, 0) is 41.8 Å². The SMILES string of the molecule is O=C(COC(=O)c1ccc(S(=O)(=O)N2CCc3ccccc3C2)cc1)c1ccccc1. The molecule has 0 fully saturated rings. The van der Waals surface area contributed by atoms with Crippen molar-refractivity contribution in [2.75, 3.05) is 13.2 Å². The molecule has 3 aromatic carbocycles. The van der Waals surface area contributed by atoms with Crippen LogP contribution in [0, 0.1) is 0 Å². The second-order valence-corrected chi connectivity index (χ2v) is 9.18. The van der Waals surface area contributed by atoms with Crippen molar-refractivity contribution in [2.45, 2.75) is 17.9 Å². The molecule has 0 bridgehead atoms. The molecule has 0 amide bonds. The third kappa shape index (κ3) is 4.57. The largest absolute Gasteiger partial charge is 0.454 e. The summed E-state index contributed by atoms with van der Waals surface area (Å²) in [6, 6.07) is 22.0. The maximum Gasteiger partial charge on any atom is 0.338 e. The number of sulfonamides is 1. The molecule has 0 atom stereocenters. The van der Waals surface area contributed by atoms with E-state index in [-0.39, 0.29) is 22.8 Å². The number of fused-ring (bicyclic) bond motifs is 1. The Hall–Kier alpha value is -3.29. The number of carbonyl (C=O) groups is 2. The number of hydrogen-bond acceptors (Lipinski definition) is 5. The summed E-state index contributed by atoms with van der Waals surface area (Å²) >= 11 is 0. The lowest BCUT2D eigenvalue weighted by molar-refractivity contribution is 0.0474. The normalized spacial score (nSPS) is 13.9. The number of ether oxygens (including phenoxy) is 1. The molecule has 0 radical (unpaired) electrons. The summed E-state index contributed by atoms with van der Waals surface area (Å²) < 4.78 is 32.6. The van der Waals surface area contributed by atoms with E-state index in [9.17, 15) is 18.0 Å². The van der Waals surface area contributed by atoms with E-state index >= 15 is 0 Å². The number of carbonyl (C=O) groups excluding carboxylic acids is 2. The van der Waals surface area contributed by atoms with Crippen molar-refractivity contribution in [2.24, 2.45) is 0 Å². The smallest absolute Gasteiger partial charge is 0.338 e. The van der Waals surface area contributed by atoms with Crippen molar-refractivity contribution in [1.29, 1.82) is 0 Å². The van der Waals surface area contributed by atoms with Crippen molar-refractivity contribution in [3.8, 4) is 0 Å². The van der Waals surface area contributed by atoms with Crippen LogP contribution in [0.4, 0.5) is 0 Å². The summed E-state index contributed by atoms with van der Waals surface area (Å²) in [5, 5.41) is 0. The van der Waals surface area contributed by atoms with Crippen molar-refractivity contribution in [3.63, 3.8) is 0 Å². The van der Waals surface area contributed by atoms with Gasteiger partial charge in [0.15, 0.2) is 12.4 Å². The van der Waals surface area contributed by atoms with E-state index in [0.717, 1.165) is 11.1 Å². The molecule has 0 aliphatic carbocycles. The molecule has 0 saturated heterocycles. The highest BCUT2D eigenvalue weighted by Gasteiger charge is 2.28. The zero-order valence-electron chi connectivity index (χ0n) is 16.7. The van der Waals surface area contributed by atoms with Crippen LogP contribution >= 0.6 is 0 Å². The van der Waals surface area contributed by atoms with Crippen LogP contribution in [0.1, 0.15) is 31.8 Å². The van der Waals surface area contributed by atoms with Gasteiger partial charge in [0.2, 0.25) is 10.0 Å². The summed E-state index contributed by atoms with van der Waals surface area (Å²) in [6.07, 6.45) is 0.662. The quantitative estimate of drug-likeness (QED) is 0.437. The molecule has 1 aliphatic heterocycles. The summed E-state index contributed by atoms with van der Waals surface area (Å²) in [5.74, 6) is -0.987. The second kappa shape index (κ2) is 8.83. The maximum atomic E-state index is 13.0. The third-order valence-corrected chi connectivity index (χ3v) is 7.11. The summed E-state index contributed by atoms with van der Waals surface area (Å²) in [6.45, 7) is 0.352. The van der Waals surface area contributed by atoms with E-state index in [0.29, 0.717) is 25.1 Å². The Morgan fingerprint density at radius 1 is 0.806 bits per heavy atom. The number of esters is 1. The van der Waals surface area contributed by atoms with E-state index < -0.39 is 16.0 Å². The summed E-state index contributed by atoms with van der Waals surface area (Å²) in [4.78, 5) is 24.4. The first-order valence-electron chi connectivity index (χ1n) is 9.87. The lowest BCUT2D eigenvalue weighted by Gasteiger charge is -2.28. The molecule has 1 aliphatic rings. The first kappa shape index (κ1) is 21.0. The average Bonchev–Trinajstić information content (AvgIpc) is 2.82. The molecule has 3 aromatic rings. The fourth-order valence-corrected chi connectivity index (χ4v) is 4.93. The first-order chi connectivity index (χ1) is 14.9. The van der Waals surface area contributed by atoms with Crippen LogP contribution in [0.3, 0.4) is 0 Å². The molecule has 158 valence electrons. The maximum absolute atomic E-state index is 13.0. The standard InChI is InChI=1S/C24H21NO5S/c26-23(19-7-2-1-3-8-19)17-30-24(27)20-10-12-22(13-11-20)31(28,29)25-15-14-18-6-4-5-9-21(18)16-25/h1-13H,14-17H2. The average molecular weight is 436 g/mol. The zero-order chi connectivity index (χ0) is 21.8. The molecule has 6 nitrogen and oxygen atoms in total. The van der Waals surface area contributed by atoms with E-state index in [1.54, 1.807) is 30.3 Å². The fraction of sp³-hybridized carbons (Fsp3) is 0.167. The highest BCUT2D eigenvalue weighted by Crippen LogP contribution is 2.25. The van der Waals surface area contributed by atoms with Gasteiger partial charge in [0.1, 0.15) is 0 Å². The Labute approximate surface area is 181 Å². The van der Waals surface area contributed by atoms with Crippen LogP contribution < -0.4 is 0 Å². The van der Waals surface area contributed by atoms with Gasteiger partial charge < -0.3 is 4.74 Å². The molecule has 31 heavy (non-hydrogen) atoms. The van der Waals surface area contributed by atoms with Gasteiger partial charge in [0, 0.05) is 18.7 Å². The van der Waals surface area contributed by atoms with Crippen LogP contribution in [0.2, 0.25) is 0 Å². The van der Waals surface area contributed by atoms with Crippen molar-refractivity contribution < 1.29 is 22.7 Å². The monoisotopic (exact) mass is 435 g/mol. The van der Waals surface area contributed by atoms with Gasteiger partial charge in [-0.25, -0.2) is 13.2 Å². The number of nitrogens with zero attached hydrogens (tertiary/aromatic N) is 1. The number of benzene rings is 3. The molecular weight excluding hydrogens is 414 g/mol. The van der Waals surface area contributed by atoms with Gasteiger partial charge in [-0.2, -0.15) is 4.31 Å². The Kier molecular flexibility index (Phi) is 5.97. The van der Waals surface area contributed by atoms with Gasteiger partial charge in [-0.3, -0.25) is 4.79 Å². The number of rotatable bonds is 6. The summed E-state index contributed by atoms with van der Waals surface area (Å²) in [7, 11) is -3.68. The highest BCUT2D eigenvalue weighted by atomic mass is 32.2. The predicted molar refractivity (Wildman–Crippen MR) is 115 cm³/mol. The van der Waals surface area contributed by atoms with E-state index in [1.807, 2.05) is 24.3 Å². The minimum Gasteiger partial charge on any atom is -0.454 e. The lowest BCUT2D eigenvalue weighted by atomic mass is 10.0. The van der Waals surface area contributed by atoms with Crippen LogP contribution in [0.25, 0.3) is 0 Å². The van der Waals surface area contributed by atoms with Crippen LogP contribution in [0.15, 0.2) is 83.8 Å². The van der Waals surface area contributed by atoms with E-state index in [4.69, 9.17) is 4.74 Å². The Morgan fingerprint density at radius 2 is 1.45 bits per heavy atom. The molecular formula is C24H21NO5S. The topological polar surface area (TPSA) is 80.8 Å². The highest BCUT2D eigenvalue weighted by molar-refractivity contribution is 7.89. The molecule has 0 spiro atoms. The minimum absolute atomic E-state index is 0.115. The van der Waals surface area contributed by atoms with Crippen molar-refractivity contribution >= 4 is 21.8 Å². The van der Waals surface area contributed by atoms with Gasteiger partial charge >= 0.3 is 5.97 Å². The van der Waals surface area contributed by atoms with Gasteiger partial charge in [0.25, 0.3) is 0 Å². The molecule has 4 rings (SSSR count).